The third-order valence-electron chi connectivity index (χ3n) is 3.42. The highest BCUT2D eigenvalue weighted by Gasteiger charge is 2.29. The van der Waals surface area contributed by atoms with E-state index in [0.29, 0.717) is 5.92 Å². The zero-order valence-electron chi connectivity index (χ0n) is 11.7. The van der Waals surface area contributed by atoms with Crippen LogP contribution in [-0.2, 0) is 6.54 Å². The van der Waals surface area contributed by atoms with Crippen LogP contribution in [0, 0.1) is 0 Å². The second-order valence-electron chi connectivity index (χ2n) is 5.29. The first-order chi connectivity index (χ1) is 8.83. The van der Waals surface area contributed by atoms with Gasteiger partial charge in [-0.15, -0.1) is 10.2 Å². The van der Waals surface area contributed by atoms with Crippen molar-refractivity contribution in [3.63, 3.8) is 0 Å². The van der Waals surface area contributed by atoms with E-state index in [1.54, 1.807) is 0 Å². The molecule has 0 N–H and O–H groups in total. The van der Waals surface area contributed by atoms with E-state index in [1.807, 2.05) is 0 Å². The van der Waals surface area contributed by atoms with E-state index >= 15 is 0 Å². The summed E-state index contributed by atoms with van der Waals surface area (Å²) in [6, 6.07) is 0. The molecule has 18 heavy (non-hydrogen) atoms. The van der Waals surface area contributed by atoms with Crippen LogP contribution in [0.1, 0.15) is 70.1 Å². The molecule has 1 aliphatic carbocycles. The first-order valence-corrected chi connectivity index (χ1v) is 7.38. The summed E-state index contributed by atoms with van der Waals surface area (Å²) in [6.07, 6.45) is 7.40. The Morgan fingerprint density at radius 3 is 2.33 bits per heavy atom. The topological polar surface area (TPSA) is 42.2 Å². The summed E-state index contributed by atoms with van der Waals surface area (Å²) in [4.78, 5) is 2.44. The number of nitrogens with zero attached hydrogens (tertiary/aromatic N) is 3. The van der Waals surface area contributed by atoms with Gasteiger partial charge < -0.3 is 4.42 Å². The van der Waals surface area contributed by atoms with Crippen LogP contribution in [-0.4, -0.2) is 28.2 Å². The van der Waals surface area contributed by atoms with Gasteiger partial charge in [0.05, 0.1) is 6.54 Å². The molecule has 0 radical (unpaired) electrons. The molecule has 1 aromatic heterocycles. The van der Waals surface area contributed by atoms with Crippen molar-refractivity contribution in [2.75, 3.05) is 13.1 Å². The van der Waals surface area contributed by atoms with E-state index < -0.39 is 0 Å². The average molecular weight is 251 g/mol. The molecule has 0 unspecified atom stereocenters. The third-order valence-corrected chi connectivity index (χ3v) is 3.42. The van der Waals surface area contributed by atoms with Crippen LogP contribution >= 0.6 is 0 Å². The van der Waals surface area contributed by atoms with Crippen molar-refractivity contribution >= 4 is 0 Å². The predicted molar refractivity (Wildman–Crippen MR) is 71.4 cm³/mol. The van der Waals surface area contributed by atoms with Crippen molar-refractivity contribution in [3.8, 4) is 0 Å². The van der Waals surface area contributed by atoms with Crippen molar-refractivity contribution in [2.45, 2.75) is 64.8 Å². The van der Waals surface area contributed by atoms with Crippen LogP contribution in [0.5, 0.6) is 0 Å². The second kappa shape index (κ2) is 6.88. The zero-order valence-corrected chi connectivity index (χ0v) is 11.7. The molecule has 0 atom stereocenters. The van der Waals surface area contributed by atoms with Crippen molar-refractivity contribution < 1.29 is 4.42 Å². The minimum Gasteiger partial charge on any atom is -0.424 e. The van der Waals surface area contributed by atoms with Crippen LogP contribution in [0.25, 0.3) is 0 Å². The molecule has 0 aromatic carbocycles. The molecular formula is C14H25N3O. The van der Waals surface area contributed by atoms with Gasteiger partial charge >= 0.3 is 0 Å². The van der Waals surface area contributed by atoms with Gasteiger partial charge in [-0.25, -0.2) is 0 Å². The molecule has 0 aliphatic heterocycles. The van der Waals surface area contributed by atoms with Crippen molar-refractivity contribution in [1.82, 2.24) is 15.1 Å². The van der Waals surface area contributed by atoms with Crippen LogP contribution in [0.4, 0.5) is 0 Å². The molecule has 4 heteroatoms. The van der Waals surface area contributed by atoms with Crippen molar-refractivity contribution in [1.29, 1.82) is 0 Å². The quantitative estimate of drug-likeness (QED) is 0.675. The fourth-order valence-corrected chi connectivity index (χ4v) is 2.05. The summed E-state index contributed by atoms with van der Waals surface area (Å²) in [5.74, 6) is 2.21. The Hall–Kier alpha value is -0.900. The molecule has 102 valence electrons. The summed E-state index contributed by atoms with van der Waals surface area (Å²) < 4.78 is 5.73. The zero-order chi connectivity index (χ0) is 12.8. The molecule has 0 saturated heterocycles. The van der Waals surface area contributed by atoms with Gasteiger partial charge in [0.1, 0.15) is 0 Å². The van der Waals surface area contributed by atoms with Crippen LogP contribution in [0.15, 0.2) is 4.42 Å². The lowest BCUT2D eigenvalue weighted by Crippen LogP contribution is -2.25. The number of hydrogen-bond acceptors (Lipinski definition) is 4. The standard InChI is InChI=1S/C14H25N3O/c1-3-5-9-17(10-6-4-2)11-13-15-16-14(18-13)12-7-8-12/h12H,3-11H2,1-2H3. The maximum Gasteiger partial charge on any atom is 0.230 e. The highest BCUT2D eigenvalue weighted by atomic mass is 16.4. The minimum absolute atomic E-state index is 0.561. The molecule has 0 bridgehead atoms. The van der Waals surface area contributed by atoms with E-state index in [0.717, 1.165) is 31.4 Å². The molecule has 0 amide bonds. The normalized spacial score (nSPS) is 15.5. The van der Waals surface area contributed by atoms with E-state index in [4.69, 9.17) is 4.42 Å². The van der Waals surface area contributed by atoms with Gasteiger partial charge in [0.25, 0.3) is 0 Å². The molecule has 1 fully saturated rings. The number of rotatable bonds is 9. The summed E-state index contributed by atoms with van der Waals surface area (Å²) in [7, 11) is 0. The van der Waals surface area contributed by atoms with E-state index in [9.17, 15) is 0 Å². The Balaban J connectivity index is 1.84. The van der Waals surface area contributed by atoms with Crippen LogP contribution in [0.3, 0.4) is 0 Å². The highest BCUT2D eigenvalue weighted by molar-refractivity contribution is 5.00. The molecular weight excluding hydrogens is 226 g/mol. The largest absolute Gasteiger partial charge is 0.424 e. The van der Waals surface area contributed by atoms with Crippen LogP contribution < -0.4 is 0 Å². The monoisotopic (exact) mass is 251 g/mol. The third kappa shape index (κ3) is 4.09. The van der Waals surface area contributed by atoms with Gasteiger partial charge in [0.15, 0.2) is 0 Å². The fourth-order valence-electron chi connectivity index (χ4n) is 2.05. The predicted octanol–water partition coefficient (Wildman–Crippen LogP) is 3.35. The second-order valence-corrected chi connectivity index (χ2v) is 5.29. The highest BCUT2D eigenvalue weighted by Crippen LogP contribution is 2.39. The lowest BCUT2D eigenvalue weighted by Gasteiger charge is -2.19. The Morgan fingerprint density at radius 1 is 1.11 bits per heavy atom. The lowest BCUT2D eigenvalue weighted by molar-refractivity contribution is 0.230. The Labute approximate surface area is 110 Å². The maximum absolute atomic E-state index is 5.73. The Bertz CT molecular complexity index is 339. The summed E-state index contributed by atoms with van der Waals surface area (Å²) >= 11 is 0. The molecule has 1 aliphatic rings. The molecule has 2 rings (SSSR count). The van der Waals surface area contributed by atoms with Gasteiger partial charge in [-0.1, -0.05) is 26.7 Å². The SMILES string of the molecule is CCCCN(CCCC)Cc1nnc(C2CC2)o1. The number of unbranched alkanes of at least 4 members (excludes halogenated alkanes) is 2. The first kappa shape index (κ1) is 13.5. The summed E-state index contributed by atoms with van der Waals surface area (Å²) in [5.41, 5.74) is 0. The molecule has 1 heterocycles. The Morgan fingerprint density at radius 2 is 1.78 bits per heavy atom. The maximum atomic E-state index is 5.73. The van der Waals surface area contributed by atoms with E-state index in [-0.39, 0.29) is 0 Å². The van der Waals surface area contributed by atoms with Gasteiger partial charge in [0.2, 0.25) is 11.8 Å². The summed E-state index contributed by atoms with van der Waals surface area (Å²) in [5, 5.41) is 8.32. The smallest absolute Gasteiger partial charge is 0.230 e. The molecule has 1 saturated carbocycles. The molecule has 0 spiro atoms. The number of hydrogen-bond donors (Lipinski definition) is 0. The van der Waals surface area contributed by atoms with E-state index in [1.165, 1.54) is 38.5 Å². The van der Waals surface area contributed by atoms with Crippen molar-refractivity contribution in [2.24, 2.45) is 0 Å². The van der Waals surface area contributed by atoms with Crippen LogP contribution in [0.2, 0.25) is 0 Å². The lowest BCUT2D eigenvalue weighted by atomic mass is 10.2. The van der Waals surface area contributed by atoms with Gasteiger partial charge in [0, 0.05) is 5.92 Å². The van der Waals surface area contributed by atoms with Gasteiger partial charge in [-0.2, -0.15) is 0 Å². The Kier molecular flexibility index (Phi) is 5.17. The van der Waals surface area contributed by atoms with Crippen molar-refractivity contribution in [3.05, 3.63) is 11.8 Å². The molecule has 1 aromatic rings. The fraction of sp³-hybridized carbons (Fsp3) is 0.857. The minimum atomic E-state index is 0.561. The first-order valence-electron chi connectivity index (χ1n) is 7.38. The van der Waals surface area contributed by atoms with E-state index in [2.05, 4.69) is 28.9 Å². The summed E-state index contributed by atoms with van der Waals surface area (Å²) in [6.45, 7) is 7.56. The molecule has 4 nitrogen and oxygen atoms in total. The average Bonchev–Trinajstić information content (AvgIpc) is 3.13. The van der Waals surface area contributed by atoms with Gasteiger partial charge in [-0.05, 0) is 38.8 Å². The number of aromatic nitrogens is 2. The van der Waals surface area contributed by atoms with Gasteiger partial charge in [-0.3, -0.25) is 4.90 Å².